The second-order valence-electron chi connectivity index (χ2n) is 8.17. The van der Waals surface area contributed by atoms with E-state index < -0.39 is 0 Å². The minimum atomic E-state index is -0.159. The van der Waals surface area contributed by atoms with Crippen LogP contribution >= 0.6 is 11.6 Å². The van der Waals surface area contributed by atoms with Crippen LogP contribution in [-0.4, -0.2) is 50.2 Å². The molecule has 26 heavy (non-hydrogen) atoms. The van der Waals surface area contributed by atoms with E-state index in [9.17, 15) is 4.79 Å². The summed E-state index contributed by atoms with van der Waals surface area (Å²) in [6.45, 7) is 9.58. The van der Waals surface area contributed by atoms with Gasteiger partial charge in [-0.1, -0.05) is 11.6 Å². The molecular formula is C19H26ClN5O. The topological polar surface area (TPSA) is 63.1 Å². The maximum Gasteiger partial charge on any atom is 0.252 e. The molecule has 0 spiro atoms. The quantitative estimate of drug-likeness (QED) is 0.891. The largest absolute Gasteiger partial charge is 0.352 e. The van der Waals surface area contributed by atoms with Gasteiger partial charge < -0.3 is 5.32 Å². The number of carbonyl (C=O) groups is 1. The van der Waals surface area contributed by atoms with Gasteiger partial charge in [0, 0.05) is 23.3 Å². The van der Waals surface area contributed by atoms with Gasteiger partial charge in [-0.2, -0.15) is 0 Å². The summed E-state index contributed by atoms with van der Waals surface area (Å²) in [6.07, 6.45) is 4.21. The Morgan fingerprint density at radius 2 is 1.92 bits per heavy atom. The Kier molecular flexibility index (Phi) is 4.84. The molecule has 1 aromatic heterocycles. The van der Waals surface area contributed by atoms with Crippen molar-refractivity contribution in [2.75, 3.05) is 13.6 Å². The second-order valence-corrected chi connectivity index (χ2v) is 8.58. The average Bonchev–Trinajstić information content (AvgIpc) is 3.16. The van der Waals surface area contributed by atoms with Crippen molar-refractivity contribution in [3.63, 3.8) is 0 Å². The number of aromatic nitrogens is 3. The molecule has 1 aliphatic heterocycles. The van der Waals surface area contributed by atoms with E-state index in [0.29, 0.717) is 23.0 Å². The highest BCUT2D eigenvalue weighted by molar-refractivity contribution is 6.33. The van der Waals surface area contributed by atoms with E-state index in [4.69, 9.17) is 11.6 Å². The first-order chi connectivity index (χ1) is 12.1. The van der Waals surface area contributed by atoms with Crippen molar-refractivity contribution in [1.29, 1.82) is 0 Å². The zero-order valence-electron chi connectivity index (χ0n) is 16.0. The van der Waals surface area contributed by atoms with Gasteiger partial charge in [0.25, 0.3) is 5.91 Å². The molecule has 2 heterocycles. The van der Waals surface area contributed by atoms with Crippen LogP contribution in [0.1, 0.15) is 44.5 Å². The summed E-state index contributed by atoms with van der Waals surface area (Å²) in [4.78, 5) is 15.1. The van der Waals surface area contributed by atoms with E-state index >= 15 is 0 Å². The summed E-state index contributed by atoms with van der Waals surface area (Å²) in [5, 5.41) is 11.1. The third-order valence-electron chi connectivity index (χ3n) is 5.94. The zero-order chi connectivity index (χ0) is 19.1. The van der Waals surface area contributed by atoms with Gasteiger partial charge in [0.2, 0.25) is 0 Å². The molecule has 1 atom stereocenters. The first kappa shape index (κ1) is 18.9. The Balaban J connectivity index is 1.74. The van der Waals surface area contributed by atoms with Crippen LogP contribution < -0.4 is 5.32 Å². The van der Waals surface area contributed by atoms with Gasteiger partial charge in [-0.05, 0) is 65.3 Å². The van der Waals surface area contributed by atoms with Crippen molar-refractivity contribution >= 4 is 17.5 Å². The van der Waals surface area contributed by atoms with Gasteiger partial charge in [-0.25, -0.2) is 0 Å². The molecule has 1 aromatic carbocycles. The van der Waals surface area contributed by atoms with Crippen LogP contribution in [0.2, 0.25) is 5.02 Å². The Labute approximate surface area is 159 Å². The lowest BCUT2D eigenvalue weighted by molar-refractivity contribution is 0.0896. The van der Waals surface area contributed by atoms with Crippen LogP contribution in [0.4, 0.5) is 0 Å². The molecule has 1 N–H and O–H groups in total. The van der Waals surface area contributed by atoms with E-state index in [1.807, 2.05) is 6.07 Å². The number of amides is 1. The first-order valence-electron chi connectivity index (χ1n) is 8.79. The minimum Gasteiger partial charge on any atom is -0.352 e. The summed E-state index contributed by atoms with van der Waals surface area (Å²) in [5.74, 6) is 0.208. The lowest BCUT2D eigenvalue weighted by atomic mass is 9.87. The molecule has 0 bridgehead atoms. The van der Waals surface area contributed by atoms with E-state index in [1.54, 1.807) is 29.4 Å². The van der Waals surface area contributed by atoms with Crippen molar-refractivity contribution in [3.8, 4) is 5.69 Å². The van der Waals surface area contributed by atoms with Crippen LogP contribution in [0.3, 0.4) is 0 Å². The molecule has 1 unspecified atom stereocenters. The molecule has 7 heteroatoms. The highest BCUT2D eigenvalue weighted by Gasteiger charge is 2.48. The normalized spacial score (nSPS) is 21.7. The van der Waals surface area contributed by atoms with Crippen molar-refractivity contribution in [2.45, 2.75) is 45.2 Å². The number of hydrogen-bond acceptors (Lipinski definition) is 4. The van der Waals surface area contributed by atoms with Crippen LogP contribution in [0.15, 0.2) is 30.9 Å². The summed E-state index contributed by atoms with van der Waals surface area (Å²) in [6, 6.07) is 5.32. The fourth-order valence-corrected chi connectivity index (χ4v) is 4.06. The molecular weight excluding hydrogens is 350 g/mol. The first-order valence-corrected chi connectivity index (χ1v) is 9.17. The SMILES string of the molecule is CN1C(C)(C)CC(CNC(=O)c2cc(-n3cnnc3)ccc2Cl)C1(C)C. The third-order valence-corrected chi connectivity index (χ3v) is 6.27. The Morgan fingerprint density at radius 1 is 1.27 bits per heavy atom. The minimum absolute atomic E-state index is 0.0188. The Bertz CT molecular complexity index is 800. The van der Waals surface area contributed by atoms with E-state index in [2.05, 4.69) is 55.2 Å². The zero-order valence-corrected chi connectivity index (χ0v) is 16.7. The van der Waals surface area contributed by atoms with E-state index in [-0.39, 0.29) is 17.0 Å². The van der Waals surface area contributed by atoms with Gasteiger partial charge in [-0.15, -0.1) is 10.2 Å². The van der Waals surface area contributed by atoms with Gasteiger partial charge in [0.1, 0.15) is 12.7 Å². The molecule has 0 radical (unpaired) electrons. The van der Waals surface area contributed by atoms with Crippen molar-refractivity contribution in [2.24, 2.45) is 5.92 Å². The summed E-state index contributed by atoms with van der Waals surface area (Å²) in [7, 11) is 2.15. The van der Waals surface area contributed by atoms with E-state index in [0.717, 1.165) is 12.1 Å². The van der Waals surface area contributed by atoms with Gasteiger partial charge >= 0.3 is 0 Å². The maximum atomic E-state index is 12.7. The number of hydrogen-bond donors (Lipinski definition) is 1. The third kappa shape index (κ3) is 3.35. The second kappa shape index (κ2) is 6.67. The van der Waals surface area contributed by atoms with Crippen LogP contribution in [0.25, 0.3) is 5.69 Å². The molecule has 0 aliphatic carbocycles. The highest BCUT2D eigenvalue weighted by atomic mass is 35.5. The van der Waals surface area contributed by atoms with Crippen LogP contribution in [0.5, 0.6) is 0 Å². The van der Waals surface area contributed by atoms with Crippen molar-refractivity contribution in [3.05, 3.63) is 41.4 Å². The smallest absolute Gasteiger partial charge is 0.252 e. The van der Waals surface area contributed by atoms with Gasteiger partial charge in [-0.3, -0.25) is 14.3 Å². The van der Waals surface area contributed by atoms with Gasteiger partial charge in [0.05, 0.1) is 10.6 Å². The fourth-order valence-electron chi connectivity index (χ4n) is 3.86. The lowest BCUT2D eigenvalue weighted by Gasteiger charge is -2.38. The molecule has 1 aliphatic rings. The molecule has 6 nitrogen and oxygen atoms in total. The summed E-state index contributed by atoms with van der Waals surface area (Å²) in [5.41, 5.74) is 1.39. The number of carbonyl (C=O) groups excluding carboxylic acids is 1. The summed E-state index contributed by atoms with van der Waals surface area (Å²) < 4.78 is 1.74. The molecule has 0 saturated carbocycles. The van der Waals surface area contributed by atoms with Crippen molar-refractivity contribution in [1.82, 2.24) is 25.0 Å². The summed E-state index contributed by atoms with van der Waals surface area (Å²) >= 11 is 6.26. The standard InChI is InChI=1S/C19H26ClN5O/c1-18(2)9-13(19(3,4)24(18)5)10-21-17(26)15-8-14(6-7-16(15)20)25-11-22-23-12-25/h6-8,11-13H,9-10H2,1-5H3,(H,21,26). The highest BCUT2D eigenvalue weighted by Crippen LogP contribution is 2.43. The molecule has 140 valence electrons. The van der Waals surface area contributed by atoms with E-state index in [1.165, 1.54) is 0 Å². The average molecular weight is 376 g/mol. The number of nitrogens with one attached hydrogen (secondary N) is 1. The van der Waals surface area contributed by atoms with Crippen LogP contribution in [0, 0.1) is 5.92 Å². The predicted molar refractivity (Wildman–Crippen MR) is 103 cm³/mol. The monoisotopic (exact) mass is 375 g/mol. The number of likely N-dealkylation sites (tertiary alicyclic amines) is 1. The van der Waals surface area contributed by atoms with Crippen molar-refractivity contribution < 1.29 is 4.79 Å². The molecule has 2 aromatic rings. The predicted octanol–water partition coefficient (Wildman–Crippen LogP) is 3.16. The number of benzene rings is 1. The number of halogens is 1. The number of rotatable bonds is 4. The molecule has 1 fully saturated rings. The molecule has 1 amide bonds. The maximum absolute atomic E-state index is 12.7. The molecule has 1 saturated heterocycles. The number of nitrogens with zero attached hydrogens (tertiary/aromatic N) is 4. The van der Waals surface area contributed by atoms with Crippen LogP contribution in [-0.2, 0) is 0 Å². The fraction of sp³-hybridized carbons (Fsp3) is 0.526. The molecule has 3 rings (SSSR count). The Hall–Kier alpha value is -1.92. The Morgan fingerprint density at radius 3 is 2.50 bits per heavy atom. The lowest BCUT2D eigenvalue weighted by Crippen LogP contribution is -2.48. The van der Waals surface area contributed by atoms with Gasteiger partial charge in [0.15, 0.2) is 0 Å².